The summed E-state index contributed by atoms with van der Waals surface area (Å²) < 4.78 is 42.7. The molecule has 0 unspecified atom stereocenters. The smallest absolute Gasteiger partial charge is 0.446 e. The van der Waals surface area contributed by atoms with Crippen LogP contribution in [0.15, 0.2) is 47.4 Å². The third kappa shape index (κ3) is 4.03. The molecule has 0 spiro atoms. The molecule has 0 saturated heterocycles. The minimum absolute atomic E-state index is 0.116. The lowest BCUT2D eigenvalue weighted by Crippen LogP contribution is -2.32. The lowest BCUT2D eigenvalue weighted by Gasteiger charge is -2.19. The zero-order valence-electron chi connectivity index (χ0n) is 12.5. The Morgan fingerprint density at radius 1 is 1.12 bits per heavy atom. The van der Waals surface area contributed by atoms with E-state index in [0.717, 1.165) is 11.1 Å². The minimum atomic E-state index is -4.29. The van der Waals surface area contributed by atoms with Gasteiger partial charge in [-0.15, -0.1) is 0 Å². The van der Waals surface area contributed by atoms with Gasteiger partial charge < -0.3 is 10.1 Å². The fraction of sp³-hybridized carbons (Fsp3) is 0.235. The van der Waals surface area contributed by atoms with Crippen molar-refractivity contribution in [1.29, 1.82) is 0 Å². The first kappa shape index (κ1) is 16.7. The van der Waals surface area contributed by atoms with Gasteiger partial charge in [-0.25, -0.2) is 0 Å². The molecule has 1 aliphatic rings. The molecule has 1 aliphatic heterocycles. The quantitative estimate of drug-likeness (QED) is 0.839. The molecule has 3 rings (SSSR count). The highest BCUT2D eigenvalue weighted by atomic mass is 32.2. The molecule has 2 aromatic rings. The molecule has 126 valence electrons. The van der Waals surface area contributed by atoms with Gasteiger partial charge in [0, 0.05) is 22.6 Å². The molecule has 0 saturated carbocycles. The van der Waals surface area contributed by atoms with E-state index in [1.165, 1.54) is 12.1 Å². The molecule has 2 aromatic carbocycles. The third-order valence-corrected chi connectivity index (χ3v) is 4.33. The molecule has 0 atom stereocenters. The van der Waals surface area contributed by atoms with E-state index in [0.29, 0.717) is 24.3 Å². The average molecular weight is 353 g/mol. The predicted molar refractivity (Wildman–Crippen MR) is 85.2 cm³/mol. The standard InChI is InChI=1S/C17H14F3NO2S/c18-17(19,20)24-12-6-4-11(5-7-12)10-23-15-3-1-2-14-13(15)8-9-21-16(14)22/h1-7H,8-10H2,(H,21,22). The van der Waals surface area contributed by atoms with Gasteiger partial charge in [0.2, 0.25) is 0 Å². The van der Waals surface area contributed by atoms with Crippen LogP contribution in [0, 0.1) is 0 Å². The number of fused-ring (bicyclic) bond motifs is 1. The van der Waals surface area contributed by atoms with E-state index in [1.807, 2.05) is 0 Å². The number of hydrogen-bond acceptors (Lipinski definition) is 3. The van der Waals surface area contributed by atoms with Crippen molar-refractivity contribution in [2.24, 2.45) is 0 Å². The molecule has 0 bridgehead atoms. The van der Waals surface area contributed by atoms with Crippen LogP contribution in [-0.4, -0.2) is 18.0 Å². The van der Waals surface area contributed by atoms with Crippen molar-refractivity contribution in [1.82, 2.24) is 5.32 Å². The number of nitrogens with one attached hydrogen (secondary N) is 1. The normalized spacial score (nSPS) is 14.0. The van der Waals surface area contributed by atoms with Crippen molar-refractivity contribution >= 4 is 17.7 Å². The summed E-state index contributed by atoms with van der Waals surface area (Å²) in [5, 5.41) is 2.78. The fourth-order valence-electron chi connectivity index (χ4n) is 2.52. The average Bonchev–Trinajstić information content (AvgIpc) is 2.53. The van der Waals surface area contributed by atoms with Crippen LogP contribution in [0.3, 0.4) is 0 Å². The van der Waals surface area contributed by atoms with Crippen molar-refractivity contribution in [2.75, 3.05) is 6.54 Å². The van der Waals surface area contributed by atoms with Gasteiger partial charge in [0.25, 0.3) is 5.91 Å². The summed E-state index contributed by atoms with van der Waals surface area (Å²) >= 11 is -0.142. The van der Waals surface area contributed by atoms with E-state index in [2.05, 4.69) is 5.32 Å². The molecule has 0 aromatic heterocycles. The first-order valence-corrected chi connectivity index (χ1v) is 8.11. The van der Waals surface area contributed by atoms with Gasteiger partial charge in [0.05, 0.1) is 0 Å². The Bertz CT molecular complexity index is 744. The van der Waals surface area contributed by atoms with Gasteiger partial charge in [0.1, 0.15) is 12.4 Å². The largest absolute Gasteiger partial charge is 0.489 e. The van der Waals surface area contributed by atoms with E-state index in [1.54, 1.807) is 30.3 Å². The van der Waals surface area contributed by atoms with Crippen LogP contribution < -0.4 is 10.1 Å². The Balaban J connectivity index is 1.68. The van der Waals surface area contributed by atoms with Gasteiger partial charge in [-0.3, -0.25) is 4.79 Å². The van der Waals surface area contributed by atoms with Crippen molar-refractivity contribution in [3.63, 3.8) is 0 Å². The highest BCUT2D eigenvalue weighted by Gasteiger charge is 2.29. The summed E-state index contributed by atoms with van der Waals surface area (Å²) in [6.07, 6.45) is 0.693. The summed E-state index contributed by atoms with van der Waals surface area (Å²) in [5.41, 5.74) is -2.05. The van der Waals surface area contributed by atoms with Crippen LogP contribution >= 0.6 is 11.8 Å². The van der Waals surface area contributed by atoms with E-state index in [-0.39, 0.29) is 29.2 Å². The Hall–Kier alpha value is -2.15. The molecular formula is C17H14F3NO2S. The number of rotatable bonds is 4. The van der Waals surface area contributed by atoms with Crippen LogP contribution in [0.1, 0.15) is 21.5 Å². The van der Waals surface area contributed by atoms with Gasteiger partial charge >= 0.3 is 5.51 Å². The molecular weight excluding hydrogens is 339 g/mol. The SMILES string of the molecule is O=C1NCCc2c(OCc3ccc(SC(F)(F)F)cc3)cccc21. The summed E-state index contributed by atoms with van der Waals surface area (Å²) in [6.45, 7) is 0.796. The highest BCUT2D eigenvalue weighted by molar-refractivity contribution is 8.00. The van der Waals surface area contributed by atoms with E-state index < -0.39 is 5.51 Å². The maximum Gasteiger partial charge on any atom is 0.446 e. The lowest BCUT2D eigenvalue weighted by atomic mass is 9.99. The van der Waals surface area contributed by atoms with Crippen molar-refractivity contribution < 1.29 is 22.7 Å². The fourth-order valence-corrected chi connectivity index (χ4v) is 3.06. The number of halogens is 3. The van der Waals surface area contributed by atoms with Crippen molar-refractivity contribution in [3.8, 4) is 5.75 Å². The second kappa shape index (κ2) is 6.76. The molecule has 0 radical (unpaired) electrons. The van der Waals surface area contributed by atoms with E-state index >= 15 is 0 Å². The number of carbonyl (C=O) groups excluding carboxylic acids is 1. The zero-order valence-corrected chi connectivity index (χ0v) is 13.3. The maximum atomic E-state index is 12.3. The van der Waals surface area contributed by atoms with Gasteiger partial charge in [-0.1, -0.05) is 18.2 Å². The monoisotopic (exact) mass is 353 g/mol. The Kier molecular flexibility index (Phi) is 4.71. The molecule has 24 heavy (non-hydrogen) atoms. The number of thioether (sulfide) groups is 1. The van der Waals surface area contributed by atoms with Crippen LogP contribution in [-0.2, 0) is 13.0 Å². The summed E-state index contributed by atoms with van der Waals surface area (Å²) in [7, 11) is 0. The molecule has 1 N–H and O–H groups in total. The molecule has 1 heterocycles. The minimum Gasteiger partial charge on any atom is -0.489 e. The third-order valence-electron chi connectivity index (χ3n) is 3.59. The second-order valence-corrected chi connectivity index (χ2v) is 6.41. The maximum absolute atomic E-state index is 12.3. The number of carbonyl (C=O) groups is 1. The Morgan fingerprint density at radius 3 is 2.58 bits per heavy atom. The van der Waals surface area contributed by atoms with Gasteiger partial charge in [-0.05, 0) is 48.0 Å². The number of amides is 1. The molecule has 3 nitrogen and oxygen atoms in total. The lowest BCUT2D eigenvalue weighted by molar-refractivity contribution is -0.0328. The second-order valence-electron chi connectivity index (χ2n) is 5.27. The number of ether oxygens (including phenoxy) is 1. The number of hydrogen-bond donors (Lipinski definition) is 1. The van der Waals surface area contributed by atoms with Crippen molar-refractivity contribution in [3.05, 3.63) is 59.2 Å². The van der Waals surface area contributed by atoms with Crippen LogP contribution in [0.25, 0.3) is 0 Å². The molecule has 7 heteroatoms. The number of benzene rings is 2. The summed E-state index contributed by atoms with van der Waals surface area (Å²) in [5.74, 6) is 0.520. The topological polar surface area (TPSA) is 38.3 Å². The van der Waals surface area contributed by atoms with Gasteiger partial charge in [-0.2, -0.15) is 13.2 Å². The van der Waals surface area contributed by atoms with E-state index in [9.17, 15) is 18.0 Å². The van der Waals surface area contributed by atoms with Crippen LogP contribution in [0.5, 0.6) is 5.75 Å². The zero-order chi connectivity index (χ0) is 17.2. The summed E-state index contributed by atoms with van der Waals surface area (Å²) in [6, 6.07) is 11.4. The van der Waals surface area contributed by atoms with Crippen LogP contribution in [0.4, 0.5) is 13.2 Å². The molecule has 0 aliphatic carbocycles. The Morgan fingerprint density at radius 2 is 1.88 bits per heavy atom. The summed E-state index contributed by atoms with van der Waals surface area (Å²) in [4.78, 5) is 11.9. The molecule has 0 fully saturated rings. The van der Waals surface area contributed by atoms with Gasteiger partial charge in [0.15, 0.2) is 0 Å². The number of alkyl halides is 3. The van der Waals surface area contributed by atoms with Crippen LogP contribution in [0.2, 0.25) is 0 Å². The first-order chi connectivity index (χ1) is 11.4. The van der Waals surface area contributed by atoms with Crippen molar-refractivity contribution in [2.45, 2.75) is 23.4 Å². The molecule has 1 amide bonds. The highest BCUT2D eigenvalue weighted by Crippen LogP contribution is 2.36. The first-order valence-electron chi connectivity index (χ1n) is 7.30. The predicted octanol–water partition coefficient (Wildman–Crippen LogP) is 4.16. The van der Waals surface area contributed by atoms with E-state index in [4.69, 9.17) is 4.74 Å². The Labute approximate surface area is 141 Å².